The number of halogens is 2. The lowest BCUT2D eigenvalue weighted by Gasteiger charge is -2.38. The van der Waals surface area contributed by atoms with E-state index in [9.17, 15) is 13.6 Å². The molecule has 8 heteroatoms. The quantitative estimate of drug-likeness (QED) is 0.801. The molecule has 1 aromatic heterocycles. The predicted octanol–water partition coefficient (Wildman–Crippen LogP) is 2.24. The number of morpholine rings is 1. The first-order valence-corrected chi connectivity index (χ1v) is 9.02. The second-order valence-corrected chi connectivity index (χ2v) is 7.98. The maximum atomic E-state index is 13.3. The third-order valence-electron chi connectivity index (χ3n) is 4.78. The Bertz CT molecular complexity index is 653. The van der Waals surface area contributed by atoms with Crippen molar-refractivity contribution >= 4 is 11.7 Å². The van der Waals surface area contributed by atoms with Crippen LogP contribution in [0.5, 0.6) is 0 Å². The molecular weight excluding hydrogens is 342 g/mol. The topological polar surface area (TPSA) is 58.6 Å². The SMILES string of the molecule is CC(C)(C)c1nccc(N2CCOC(C(=O)N3CCC(F)(F)CC3)C2)n1. The smallest absolute Gasteiger partial charge is 0.253 e. The molecule has 0 saturated carbocycles. The Morgan fingerprint density at radius 3 is 2.62 bits per heavy atom. The van der Waals surface area contributed by atoms with Gasteiger partial charge < -0.3 is 14.5 Å². The van der Waals surface area contributed by atoms with E-state index in [-0.39, 0.29) is 37.3 Å². The maximum Gasteiger partial charge on any atom is 0.253 e. The number of likely N-dealkylation sites (tertiary alicyclic amines) is 1. The molecule has 26 heavy (non-hydrogen) atoms. The minimum atomic E-state index is -2.67. The second kappa shape index (κ2) is 7.06. The van der Waals surface area contributed by atoms with Gasteiger partial charge in [-0.1, -0.05) is 20.8 Å². The summed E-state index contributed by atoms with van der Waals surface area (Å²) < 4.78 is 32.2. The Hall–Kier alpha value is -1.83. The number of ether oxygens (including phenoxy) is 1. The van der Waals surface area contributed by atoms with Crippen molar-refractivity contribution < 1.29 is 18.3 Å². The first kappa shape index (κ1) is 18.9. The highest BCUT2D eigenvalue weighted by Gasteiger charge is 2.38. The molecule has 0 radical (unpaired) electrons. The highest BCUT2D eigenvalue weighted by atomic mass is 19.3. The van der Waals surface area contributed by atoms with Gasteiger partial charge in [0.05, 0.1) is 13.2 Å². The Balaban J connectivity index is 1.67. The molecule has 1 unspecified atom stereocenters. The zero-order chi connectivity index (χ0) is 18.9. The number of rotatable bonds is 2. The van der Waals surface area contributed by atoms with Crippen LogP contribution in [0.25, 0.3) is 0 Å². The van der Waals surface area contributed by atoms with Gasteiger partial charge in [-0.25, -0.2) is 18.7 Å². The van der Waals surface area contributed by atoms with Crippen LogP contribution in [0.4, 0.5) is 14.6 Å². The van der Waals surface area contributed by atoms with Crippen LogP contribution >= 0.6 is 0 Å². The van der Waals surface area contributed by atoms with Crippen molar-refractivity contribution in [2.24, 2.45) is 0 Å². The van der Waals surface area contributed by atoms with Gasteiger partial charge in [0, 0.05) is 44.1 Å². The van der Waals surface area contributed by atoms with E-state index in [1.165, 1.54) is 4.90 Å². The van der Waals surface area contributed by atoms with Crippen LogP contribution < -0.4 is 4.90 Å². The van der Waals surface area contributed by atoms with Crippen LogP contribution in [0.2, 0.25) is 0 Å². The molecule has 0 N–H and O–H groups in total. The molecule has 0 aliphatic carbocycles. The van der Waals surface area contributed by atoms with Crippen molar-refractivity contribution in [2.75, 3.05) is 37.7 Å². The van der Waals surface area contributed by atoms with Gasteiger partial charge in [-0.15, -0.1) is 0 Å². The summed E-state index contributed by atoms with van der Waals surface area (Å²) >= 11 is 0. The number of carbonyl (C=O) groups excluding carboxylic acids is 1. The Labute approximate surface area is 152 Å². The lowest BCUT2D eigenvalue weighted by molar-refractivity contribution is -0.150. The number of aromatic nitrogens is 2. The largest absolute Gasteiger partial charge is 0.365 e. The van der Waals surface area contributed by atoms with Gasteiger partial charge in [0.1, 0.15) is 11.6 Å². The normalized spacial score (nSPS) is 23.8. The summed E-state index contributed by atoms with van der Waals surface area (Å²) in [5, 5.41) is 0. The van der Waals surface area contributed by atoms with Gasteiger partial charge in [-0.3, -0.25) is 4.79 Å². The van der Waals surface area contributed by atoms with E-state index in [2.05, 4.69) is 9.97 Å². The number of carbonyl (C=O) groups is 1. The van der Waals surface area contributed by atoms with Crippen LogP contribution in [-0.4, -0.2) is 65.6 Å². The molecule has 3 rings (SSSR count). The van der Waals surface area contributed by atoms with E-state index in [0.717, 1.165) is 11.6 Å². The average Bonchev–Trinajstić information content (AvgIpc) is 2.61. The number of hydrogen-bond acceptors (Lipinski definition) is 5. The monoisotopic (exact) mass is 368 g/mol. The number of alkyl halides is 2. The fraction of sp³-hybridized carbons (Fsp3) is 0.722. The second-order valence-electron chi connectivity index (χ2n) is 7.98. The number of nitrogens with zero attached hydrogens (tertiary/aromatic N) is 4. The minimum absolute atomic E-state index is 0.0768. The summed E-state index contributed by atoms with van der Waals surface area (Å²) in [6.45, 7) is 7.68. The molecule has 6 nitrogen and oxygen atoms in total. The van der Waals surface area contributed by atoms with E-state index < -0.39 is 12.0 Å². The van der Waals surface area contributed by atoms with Crippen LogP contribution in [0.1, 0.15) is 39.4 Å². The highest BCUT2D eigenvalue weighted by Crippen LogP contribution is 2.28. The summed E-state index contributed by atoms with van der Waals surface area (Å²) in [7, 11) is 0. The lowest BCUT2D eigenvalue weighted by Crippen LogP contribution is -2.53. The predicted molar refractivity (Wildman–Crippen MR) is 93.4 cm³/mol. The van der Waals surface area contributed by atoms with Crippen molar-refractivity contribution in [2.45, 2.75) is 51.1 Å². The lowest BCUT2D eigenvalue weighted by atomic mass is 9.96. The molecule has 0 bridgehead atoms. The summed E-state index contributed by atoms with van der Waals surface area (Å²) in [5.74, 6) is -1.38. The fourth-order valence-corrected chi connectivity index (χ4v) is 3.15. The molecule has 1 atom stereocenters. The molecule has 2 aliphatic heterocycles. The fourth-order valence-electron chi connectivity index (χ4n) is 3.15. The number of piperidine rings is 1. The number of hydrogen-bond donors (Lipinski definition) is 0. The first-order chi connectivity index (χ1) is 12.2. The third kappa shape index (κ3) is 4.28. The van der Waals surface area contributed by atoms with Gasteiger partial charge in [-0.2, -0.15) is 0 Å². The van der Waals surface area contributed by atoms with Gasteiger partial charge in [0.25, 0.3) is 11.8 Å². The maximum absolute atomic E-state index is 13.3. The zero-order valence-electron chi connectivity index (χ0n) is 15.5. The molecule has 0 aromatic carbocycles. The van der Waals surface area contributed by atoms with Crippen molar-refractivity contribution in [1.29, 1.82) is 0 Å². The Morgan fingerprint density at radius 1 is 1.27 bits per heavy atom. The van der Waals surface area contributed by atoms with Crippen molar-refractivity contribution in [3.63, 3.8) is 0 Å². The number of amides is 1. The van der Waals surface area contributed by atoms with Crippen LogP contribution in [0.3, 0.4) is 0 Å². The summed E-state index contributed by atoms with van der Waals surface area (Å²) in [4.78, 5) is 25.1. The molecule has 1 aromatic rings. The van der Waals surface area contributed by atoms with E-state index >= 15 is 0 Å². The van der Waals surface area contributed by atoms with Gasteiger partial charge in [-0.05, 0) is 6.07 Å². The summed E-state index contributed by atoms with van der Waals surface area (Å²) in [6.07, 6.45) is 0.511. The molecule has 2 fully saturated rings. The van der Waals surface area contributed by atoms with E-state index in [1.807, 2.05) is 31.7 Å². The molecule has 144 valence electrons. The highest BCUT2D eigenvalue weighted by molar-refractivity contribution is 5.82. The Morgan fingerprint density at radius 2 is 1.96 bits per heavy atom. The molecule has 3 heterocycles. The molecular formula is C18H26F2N4O2. The van der Waals surface area contributed by atoms with Crippen molar-refractivity contribution in [3.8, 4) is 0 Å². The van der Waals surface area contributed by atoms with Gasteiger partial charge in [0.2, 0.25) is 0 Å². The van der Waals surface area contributed by atoms with Crippen LogP contribution in [0.15, 0.2) is 12.3 Å². The van der Waals surface area contributed by atoms with Gasteiger partial charge >= 0.3 is 0 Å². The van der Waals surface area contributed by atoms with Crippen LogP contribution in [-0.2, 0) is 14.9 Å². The molecule has 1 amide bonds. The molecule has 2 aliphatic rings. The third-order valence-corrected chi connectivity index (χ3v) is 4.78. The molecule has 2 saturated heterocycles. The van der Waals surface area contributed by atoms with Crippen molar-refractivity contribution in [3.05, 3.63) is 18.1 Å². The first-order valence-electron chi connectivity index (χ1n) is 9.02. The average molecular weight is 368 g/mol. The van der Waals surface area contributed by atoms with Crippen LogP contribution in [0, 0.1) is 0 Å². The summed E-state index contributed by atoms with van der Waals surface area (Å²) in [6, 6.07) is 1.82. The van der Waals surface area contributed by atoms with Gasteiger partial charge in [0.15, 0.2) is 6.10 Å². The number of anilines is 1. The van der Waals surface area contributed by atoms with E-state index in [0.29, 0.717) is 19.7 Å². The summed E-state index contributed by atoms with van der Waals surface area (Å²) in [5.41, 5.74) is -0.170. The van der Waals surface area contributed by atoms with E-state index in [1.54, 1.807) is 6.20 Å². The standard InChI is InChI=1S/C18H26F2N4O2/c1-17(2,3)16-21-7-4-14(22-16)24-10-11-26-13(12-24)15(25)23-8-5-18(19,20)6-9-23/h4,7,13H,5-6,8-12H2,1-3H3. The minimum Gasteiger partial charge on any atom is -0.365 e. The Kier molecular flexibility index (Phi) is 5.14. The van der Waals surface area contributed by atoms with E-state index in [4.69, 9.17) is 4.74 Å². The molecule has 0 spiro atoms. The van der Waals surface area contributed by atoms with Crippen molar-refractivity contribution in [1.82, 2.24) is 14.9 Å². The zero-order valence-corrected chi connectivity index (χ0v) is 15.5.